The second kappa shape index (κ2) is 5.86. The predicted molar refractivity (Wildman–Crippen MR) is 97.0 cm³/mol. The highest BCUT2D eigenvalue weighted by atomic mass is 16.3. The number of fused-ring (bicyclic) bond motifs is 1. The van der Waals surface area contributed by atoms with E-state index in [0.717, 1.165) is 11.3 Å². The Bertz CT molecular complexity index is 858. The van der Waals surface area contributed by atoms with Gasteiger partial charge >= 0.3 is 0 Å². The normalized spacial score (nSPS) is 13.0. The summed E-state index contributed by atoms with van der Waals surface area (Å²) in [5.74, 6) is 0. The van der Waals surface area contributed by atoms with Crippen molar-refractivity contribution >= 4 is 10.9 Å². The molecule has 120 valence electrons. The molecule has 3 aromatic rings. The topological polar surface area (TPSA) is 25.2 Å². The average Bonchev–Trinajstić information content (AvgIpc) is 2.81. The van der Waals surface area contributed by atoms with E-state index in [4.69, 9.17) is 0 Å². The third kappa shape index (κ3) is 2.57. The highest BCUT2D eigenvalue weighted by Gasteiger charge is 2.23. The van der Waals surface area contributed by atoms with Crippen molar-refractivity contribution in [3.63, 3.8) is 0 Å². The number of aliphatic hydroxyl groups excluding tert-OH is 1. The Kier molecular flexibility index (Phi) is 4.03. The summed E-state index contributed by atoms with van der Waals surface area (Å²) in [4.78, 5) is 0. The van der Waals surface area contributed by atoms with Crippen LogP contribution in [0, 0.1) is 20.8 Å². The van der Waals surface area contributed by atoms with E-state index in [1.54, 1.807) is 0 Å². The number of aliphatic hydroxyl groups is 1. The van der Waals surface area contributed by atoms with Gasteiger partial charge in [-0.3, -0.25) is 0 Å². The summed E-state index contributed by atoms with van der Waals surface area (Å²) in [5.41, 5.74) is 6.78. The average molecular weight is 307 g/mol. The summed E-state index contributed by atoms with van der Waals surface area (Å²) in [7, 11) is 0. The van der Waals surface area contributed by atoms with Gasteiger partial charge in [0.05, 0.1) is 5.69 Å². The number of rotatable bonds is 3. The molecule has 1 atom stereocenters. The number of aryl methyl sites for hydroxylation is 3. The monoisotopic (exact) mass is 307 g/mol. The zero-order chi connectivity index (χ0) is 16.7. The van der Waals surface area contributed by atoms with Crippen molar-refractivity contribution < 1.29 is 5.11 Å². The van der Waals surface area contributed by atoms with E-state index in [0.29, 0.717) is 6.04 Å². The molecule has 0 saturated carbocycles. The third-order valence-electron chi connectivity index (χ3n) is 4.66. The van der Waals surface area contributed by atoms with Crippen LogP contribution in [0.4, 0.5) is 0 Å². The fourth-order valence-corrected chi connectivity index (χ4v) is 3.67. The van der Waals surface area contributed by atoms with Gasteiger partial charge in [-0.2, -0.15) is 0 Å². The van der Waals surface area contributed by atoms with Gasteiger partial charge in [0.2, 0.25) is 0 Å². The maximum Gasteiger partial charge on any atom is 0.119 e. The first kappa shape index (κ1) is 15.8. The molecule has 0 saturated heterocycles. The van der Waals surface area contributed by atoms with Crippen molar-refractivity contribution in [2.75, 3.05) is 0 Å². The Morgan fingerprint density at radius 2 is 1.65 bits per heavy atom. The molecule has 1 aromatic heterocycles. The van der Waals surface area contributed by atoms with Crippen LogP contribution in [0.15, 0.2) is 42.5 Å². The SMILES string of the molecule is Cc1cccc(C(O)c2c(C)c3c(C)cccc3n2C(C)C)c1. The van der Waals surface area contributed by atoms with Crippen molar-refractivity contribution in [2.45, 2.75) is 46.8 Å². The first-order valence-electron chi connectivity index (χ1n) is 8.26. The molecule has 0 fully saturated rings. The highest BCUT2D eigenvalue weighted by Crippen LogP contribution is 2.36. The second-order valence-electron chi connectivity index (χ2n) is 6.76. The fourth-order valence-electron chi connectivity index (χ4n) is 3.67. The van der Waals surface area contributed by atoms with Crippen molar-refractivity contribution in [3.05, 3.63) is 70.4 Å². The molecule has 2 aromatic carbocycles. The lowest BCUT2D eigenvalue weighted by Gasteiger charge is -2.20. The van der Waals surface area contributed by atoms with Gasteiger partial charge < -0.3 is 9.67 Å². The van der Waals surface area contributed by atoms with Crippen molar-refractivity contribution in [1.29, 1.82) is 0 Å². The van der Waals surface area contributed by atoms with Crippen LogP contribution in [-0.4, -0.2) is 9.67 Å². The Morgan fingerprint density at radius 3 is 2.30 bits per heavy atom. The standard InChI is InChI=1S/C21H25NO/c1-13(2)22-18-11-7-9-15(4)19(18)16(5)20(22)21(23)17-10-6-8-14(3)12-17/h6-13,21,23H,1-5H3. The predicted octanol–water partition coefficient (Wildman–Crippen LogP) is 5.23. The molecule has 0 aliphatic heterocycles. The maximum atomic E-state index is 11.1. The minimum Gasteiger partial charge on any atom is -0.382 e. The molecule has 1 N–H and O–H groups in total. The lowest BCUT2D eigenvalue weighted by Crippen LogP contribution is -2.12. The van der Waals surface area contributed by atoms with Crippen LogP contribution in [0.5, 0.6) is 0 Å². The van der Waals surface area contributed by atoms with E-state index in [9.17, 15) is 5.11 Å². The van der Waals surface area contributed by atoms with E-state index in [-0.39, 0.29) is 0 Å². The van der Waals surface area contributed by atoms with Gasteiger partial charge in [-0.15, -0.1) is 0 Å². The molecule has 2 heteroatoms. The molecule has 0 spiro atoms. The molecular weight excluding hydrogens is 282 g/mol. The Morgan fingerprint density at radius 1 is 0.957 bits per heavy atom. The minimum absolute atomic E-state index is 0.294. The Hall–Kier alpha value is -2.06. The zero-order valence-corrected chi connectivity index (χ0v) is 14.6. The summed E-state index contributed by atoms with van der Waals surface area (Å²) in [5, 5.41) is 12.4. The van der Waals surface area contributed by atoms with Crippen LogP contribution in [0.2, 0.25) is 0 Å². The van der Waals surface area contributed by atoms with E-state index in [1.807, 2.05) is 12.1 Å². The van der Waals surface area contributed by atoms with Gasteiger partial charge in [-0.05, 0) is 57.4 Å². The maximum absolute atomic E-state index is 11.1. The largest absolute Gasteiger partial charge is 0.382 e. The molecule has 0 aliphatic rings. The summed E-state index contributed by atoms with van der Waals surface area (Å²) in [6, 6.07) is 14.8. The van der Waals surface area contributed by atoms with Crippen molar-refractivity contribution in [1.82, 2.24) is 4.57 Å². The summed E-state index contributed by atoms with van der Waals surface area (Å²) >= 11 is 0. The number of benzene rings is 2. The number of hydrogen-bond acceptors (Lipinski definition) is 1. The van der Waals surface area contributed by atoms with Crippen molar-refractivity contribution in [3.8, 4) is 0 Å². The van der Waals surface area contributed by atoms with Crippen LogP contribution in [0.25, 0.3) is 10.9 Å². The smallest absolute Gasteiger partial charge is 0.119 e. The summed E-state index contributed by atoms with van der Waals surface area (Å²) < 4.78 is 2.28. The van der Waals surface area contributed by atoms with Gasteiger partial charge in [0.15, 0.2) is 0 Å². The first-order valence-corrected chi connectivity index (χ1v) is 8.26. The molecule has 1 unspecified atom stereocenters. The fraction of sp³-hybridized carbons (Fsp3) is 0.333. The minimum atomic E-state index is -0.607. The molecule has 23 heavy (non-hydrogen) atoms. The van der Waals surface area contributed by atoms with Crippen LogP contribution in [0.1, 0.15) is 53.9 Å². The quantitative estimate of drug-likeness (QED) is 0.704. The van der Waals surface area contributed by atoms with Crippen LogP contribution in [-0.2, 0) is 0 Å². The van der Waals surface area contributed by atoms with Gasteiger partial charge in [0, 0.05) is 16.9 Å². The molecular formula is C21H25NO. The Labute approximate surface area is 138 Å². The number of nitrogens with zero attached hydrogens (tertiary/aromatic N) is 1. The number of hydrogen-bond donors (Lipinski definition) is 1. The van der Waals surface area contributed by atoms with Crippen LogP contribution in [0.3, 0.4) is 0 Å². The van der Waals surface area contributed by atoms with E-state index in [2.05, 4.69) is 69.5 Å². The second-order valence-corrected chi connectivity index (χ2v) is 6.76. The van der Waals surface area contributed by atoms with E-state index >= 15 is 0 Å². The third-order valence-corrected chi connectivity index (χ3v) is 4.66. The lowest BCUT2D eigenvalue weighted by atomic mass is 10.00. The summed E-state index contributed by atoms with van der Waals surface area (Å²) in [6.45, 7) is 10.7. The van der Waals surface area contributed by atoms with Crippen LogP contribution >= 0.6 is 0 Å². The molecule has 0 bridgehead atoms. The van der Waals surface area contributed by atoms with Gasteiger partial charge in [0.1, 0.15) is 6.10 Å². The molecule has 3 rings (SSSR count). The molecule has 0 amide bonds. The zero-order valence-electron chi connectivity index (χ0n) is 14.6. The van der Waals surface area contributed by atoms with Gasteiger partial charge in [-0.25, -0.2) is 0 Å². The Balaban J connectivity index is 2.30. The molecule has 0 radical (unpaired) electrons. The highest BCUT2D eigenvalue weighted by molar-refractivity contribution is 5.88. The van der Waals surface area contributed by atoms with Gasteiger partial charge in [0.25, 0.3) is 0 Å². The summed E-state index contributed by atoms with van der Waals surface area (Å²) in [6.07, 6.45) is -0.607. The molecule has 0 aliphatic carbocycles. The molecule has 1 heterocycles. The first-order chi connectivity index (χ1) is 10.9. The van der Waals surface area contributed by atoms with E-state index < -0.39 is 6.10 Å². The molecule has 2 nitrogen and oxygen atoms in total. The lowest BCUT2D eigenvalue weighted by molar-refractivity contribution is 0.208. The number of aromatic nitrogens is 1. The van der Waals surface area contributed by atoms with Gasteiger partial charge in [-0.1, -0.05) is 42.0 Å². The van der Waals surface area contributed by atoms with E-state index in [1.165, 1.54) is 27.6 Å². The van der Waals surface area contributed by atoms with Crippen molar-refractivity contribution in [2.24, 2.45) is 0 Å². The van der Waals surface area contributed by atoms with Crippen LogP contribution < -0.4 is 0 Å².